The zero-order chi connectivity index (χ0) is 18.6. The molecule has 2 fully saturated rings. The number of aryl methyl sites for hydroxylation is 3. The molecule has 2 nitrogen and oxygen atoms in total. The van der Waals surface area contributed by atoms with E-state index in [0.717, 1.165) is 34.1 Å². The molecular formula is C25H34O2. The van der Waals surface area contributed by atoms with Gasteiger partial charge in [0, 0.05) is 5.92 Å². The van der Waals surface area contributed by atoms with Gasteiger partial charge in [0.1, 0.15) is 11.5 Å². The molecule has 0 aliphatic heterocycles. The lowest BCUT2D eigenvalue weighted by atomic mass is 9.70. The number of fused-ring (bicyclic) bond motifs is 2. The Hall–Kier alpha value is -1.96. The van der Waals surface area contributed by atoms with E-state index in [2.05, 4.69) is 26.0 Å². The molecular weight excluding hydrogens is 332 g/mol. The fourth-order valence-corrected chi connectivity index (χ4v) is 5.68. The van der Waals surface area contributed by atoms with Crippen LogP contribution in [0.25, 0.3) is 0 Å². The average molecular weight is 367 g/mol. The Morgan fingerprint density at radius 2 is 1.56 bits per heavy atom. The van der Waals surface area contributed by atoms with Gasteiger partial charge in [-0.1, -0.05) is 26.0 Å². The van der Waals surface area contributed by atoms with Gasteiger partial charge in [-0.2, -0.15) is 0 Å². The van der Waals surface area contributed by atoms with Crippen LogP contribution in [0.4, 0.5) is 0 Å². The Kier molecular flexibility index (Phi) is 5.29. The predicted octanol–water partition coefficient (Wildman–Crippen LogP) is 6.54. The van der Waals surface area contributed by atoms with Crippen molar-refractivity contribution in [3.63, 3.8) is 0 Å². The fraction of sp³-hybridized carbons (Fsp3) is 0.520. The Bertz CT molecular complexity index is 852. The third kappa shape index (κ3) is 3.35. The zero-order valence-corrected chi connectivity index (χ0v) is 16.3. The molecule has 0 radical (unpaired) electrons. The van der Waals surface area contributed by atoms with E-state index in [9.17, 15) is 10.2 Å². The first-order valence-electron chi connectivity index (χ1n) is 9.95. The molecule has 2 saturated carbocycles. The first-order chi connectivity index (χ1) is 12.3. The van der Waals surface area contributed by atoms with Gasteiger partial charge in [-0.15, -0.1) is 0 Å². The summed E-state index contributed by atoms with van der Waals surface area (Å²) in [5.41, 5.74) is 6.81. The maximum Gasteiger partial charge on any atom is 0.119 e. The second-order valence-corrected chi connectivity index (χ2v) is 8.81. The third-order valence-corrected chi connectivity index (χ3v) is 7.04. The summed E-state index contributed by atoms with van der Waals surface area (Å²) >= 11 is 0. The number of hydrogen-bond acceptors (Lipinski definition) is 2. The Labute approximate surface area is 164 Å². The van der Waals surface area contributed by atoms with Crippen LogP contribution >= 0.6 is 0 Å². The van der Waals surface area contributed by atoms with Crippen molar-refractivity contribution in [3.8, 4) is 11.5 Å². The summed E-state index contributed by atoms with van der Waals surface area (Å²) in [6.07, 6.45) is 5.40. The van der Waals surface area contributed by atoms with Gasteiger partial charge in [-0.05, 0) is 110 Å². The minimum absolute atomic E-state index is 0. The highest BCUT2D eigenvalue weighted by Crippen LogP contribution is 2.56. The quantitative estimate of drug-likeness (QED) is 0.648. The highest BCUT2D eigenvalue weighted by atomic mass is 16.3. The largest absolute Gasteiger partial charge is 0.508 e. The van der Waals surface area contributed by atoms with E-state index >= 15 is 0 Å². The number of phenols is 2. The monoisotopic (exact) mass is 366 g/mol. The van der Waals surface area contributed by atoms with E-state index in [0.29, 0.717) is 23.3 Å². The van der Waals surface area contributed by atoms with Crippen molar-refractivity contribution in [1.82, 2.24) is 0 Å². The molecule has 2 bridgehead atoms. The standard InChI is InChI=1S/C24H30O2.CH4/c1-13-7-20(16(4)23(26)8-13)24(21-12-17-5-6-18(21)11-17)19-9-15(3)22(25)10-14(19)2;/h7-10,17-18,21,24-26H,5-6,11-12H2,1-4H3;1H4. The third-order valence-electron chi connectivity index (χ3n) is 7.04. The van der Waals surface area contributed by atoms with Crippen molar-refractivity contribution in [2.75, 3.05) is 0 Å². The summed E-state index contributed by atoms with van der Waals surface area (Å²) in [6.45, 7) is 8.21. The molecule has 27 heavy (non-hydrogen) atoms. The Balaban J connectivity index is 0.00000210. The number of benzene rings is 2. The molecule has 4 unspecified atom stereocenters. The number of hydrogen-bond donors (Lipinski definition) is 2. The van der Waals surface area contributed by atoms with Crippen LogP contribution in [0.1, 0.15) is 72.4 Å². The van der Waals surface area contributed by atoms with Gasteiger partial charge in [0.25, 0.3) is 0 Å². The molecule has 4 rings (SSSR count). The fourth-order valence-electron chi connectivity index (χ4n) is 5.68. The highest BCUT2D eigenvalue weighted by Gasteiger charge is 2.44. The van der Waals surface area contributed by atoms with Gasteiger partial charge in [0.05, 0.1) is 0 Å². The topological polar surface area (TPSA) is 40.5 Å². The summed E-state index contributed by atoms with van der Waals surface area (Å²) in [5, 5.41) is 20.6. The lowest BCUT2D eigenvalue weighted by Crippen LogP contribution is -2.22. The number of aromatic hydroxyl groups is 2. The molecule has 0 spiro atoms. The normalized spacial score (nSPS) is 24.7. The lowest BCUT2D eigenvalue weighted by Gasteiger charge is -2.34. The van der Waals surface area contributed by atoms with Crippen molar-refractivity contribution in [1.29, 1.82) is 0 Å². The molecule has 2 aliphatic rings. The van der Waals surface area contributed by atoms with Crippen molar-refractivity contribution in [2.24, 2.45) is 17.8 Å². The Morgan fingerprint density at radius 1 is 0.815 bits per heavy atom. The number of rotatable bonds is 3. The van der Waals surface area contributed by atoms with Crippen LogP contribution in [0.2, 0.25) is 0 Å². The molecule has 2 aromatic rings. The molecule has 146 valence electrons. The van der Waals surface area contributed by atoms with Crippen LogP contribution in [0.5, 0.6) is 11.5 Å². The predicted molar refractivity (Wildman–Crippen MR) is 113 cm³/mol. The van der Waals surface area contributed by atoms with Crippen LogP contribution < -0.4 is 0 Å². The summed E-state index contributed by atoms with van der Waals surface area (Å²) in [6, 6.07) is 8.23. The van der Waals surface area contributed by atoms with Gasteiger partial charge in [-0.25, -0.2) is 0 Å². The first kappa shape index (κ1) is 19.8. The van der Waals surface area contributed by atoms with Crippen LogP contribution in [0, 0.1) is 45.4 Å². The van der Waals surface area contributed by atoms with Gasteiger partial charge in [0.2, 0.25) is 0 Å². The summed E-state index contributed by atoms with van der Waals surface area (Å²) in [4.78, 5) is 0. The summed E-state index contributed by atoms with van der Waals surface area (Å²) < 4.78 is 0. The molecule has 0 heterocycles. The zero-order valence-electron chi connectivity index (χ0n) is 16.3. The molecule has 2 heteroatoms. The van der Waals surface area contributed by atoms with Crippen LogP contribution in [0.15, 0.2) is 24.3 Å². The van der Waals surface area contributed by atoms with Crippen molar-refractivity contribution in [2.45, 2.75) is 66.7 Å². The van der Waals surface area contributed by atoms with E-state index < -0.39 is 0 Å². The van der Waals surface area contributed by atoms with E-state index in [-0.39, 0.29) is 7.43 Å². The Morgan fingerprint density at radius 3 is 2.19 bits per heavy atom. The molecule has 2 aliphatic carbocycles. The lowest BCUT2D eigenvalue weighted by molar-refractivity contribution is 0.301. The summed E-state index contributed by atoms with van der Waals surface area (Å²) in [7, 11) is 0. The van der Waals surface area contributed by atoms with E-state index in [1.165, 1.54) is 36.8 Å². The maximum atomic E-state index is 10.5. The van der Waals surface area contributed by atoms with Crippen molar-refractivity contribution < 1.29 is 10.2 Å². The van der Waals surface area contributed by atoms with Gasteiger partial charge in [0.15, 0.2) is 0 Å². The van der Waals surface area contributed by atoms with E-state index in [4.69, 9.17) is 0 Å². The summed E-state index contributed by atoms with van der Waals surface area (Å²) in [5.74, 6) is 3.39. The van der Waals surface area contributed by atoms with Crippen molar-refractivity contribution in [3.05, 3.63) is 57.6 Å². The van der Waals surface area contributed by atoms with Gasteiger partial charge >= 0.3 is 0 Å². The average Bonchev–Trinajstić information content (AvgIpc) is 3.20. The van der Waals surface area contributed by atoms with Gasteiger partial charge in [-0.3, -0.25) is 0 Å². The minimum atomic E-state index is 0. The van der Waals surface area contributed by atoms with Crippen LogP contribution in [0.3, 0.4) is 0 Å². The number of phenolic OH excluding ortho intramolecular Hbond substituents is 2. The molecule has 0 aromatic heterocycles. The highest BCUT2D eigenvalue weighted by molar-refractivity contribution is 5.51. The SMILES string of the molecule is C.Cc1cc(O)c(C)c(C(c2cc(C)c(O)cc2C)C2CC3CCC2C3)c1. The van der Waals surface area contributed by atoms with Crippen LogP contribution in [-0.4, -0.2) is 10.2 Å². The molecule has 0 saturated heterocycles. The van der Waals surface area contributed by atoms with E-state index in [1.54, 1.807) is 0 Å². The maximum absolute atomic E-state index is 10.5. The smallest absolute Gasteiger partial charge is 0.119 e. The minimum Gasteiger partial charge on any atom is -0.508 e. The molecule has 4 atom stereocenters. The second kappa shape index (κ2) is 7.22. The second-order valence-electron chi connectivity index (χ2n) is 8.81. The molecule has 2 N–H and O–H groups in total. The van der Waals surface area contributed by atoms with Crippen LogP contribution in [-0.2, 0) is 0 Å². The molecule has 2 aromatic carbocycles. The van der Waals surface area contributed by atoms with Gasteiger partial charge < -0.3 is 10.2 Å². The molecule has 0 amide bonds. The van der Waals surface area contributed by atoms with E-state index in [1.807, 2.05) is 26.0 Å². The van der Waals surface area contributed by atoms with Crippen molar-refractivity contribution >= 4 is 0 Å². The first-order valence-corrected chi connectivity index (χ1v) is 9.95.